The zero-order valence-corrected chi connectivity index (χ0v) is 12.6. The number of carbonyl (C=O) groups excluding carboxylic acids is 1. The van der Waals surface area contributed by atoms with Gasteiger partial charge in [0.25, 0.3) is 5.91 Å². The van der Waals surface area contributed by atoms with Gasteiger partial charge < -0.3 is 15.1 Å². The predicted octanol–water partition coefficient (Wildman–Crippen LogP) is 0.901. The average molecular weight is 289 g/mol. The molecule has 2 heterocycles. The molecule has 114 valence electrons. The van der Waals surface area contributed by atoms with Gasteiger partial charge in [0.1, 0.15) is 11.5 Å². The first-order valence-electron chi connectivity index (χ1n) is 7.79. The molecule has 0 radical (unpaired) electrons. The summed E-state index contributed by atoms with van der Waals surface area (Å²) in [6.07, 6.45) is 7.89. The number of hydrogen-bond acceptors (Lipinski definition) is 5. The summed E-state index contributed by atoms with van der Waals surface area (Å²) >= 11 is 0. The zero-order chi connectivity index (χ0) is 14.7. The average Bonchev–Trinajstić information content (AvgIpc) is 3.01. The van der Waals surface area contributed by atoms with Crippen LogP contribution in [0.25, 0.3) is 0 Å². The molecule has 0 spiro atoms. The molecule has 3 rings (SSSR count). The van der Waals surface area contributed by atoms with E-state index in [0.717, 1.165) is 44.8 Å². The van der Waals surface area contributed by atoms with Crippen LogP contribution in [0.3, 0.4) is 0 Å². The van der Waals surface area contributed by atoms with Gasteiger partial charge in [0.15, 0.2) is 0 Å². The Balaban J connectivity index is 1.59. The van der Waals surface area contributed by atoms with Gasteiger partial charge >= 0.3 is 0 Å². The van der Waals surface area contributed by atoms with Crippen LogP contribution < -0.4 is 10.2 Å². The van der Waals surface area contributed by atoms with Gasteiger partial charge in [-0.25, -0.2) is 9.97 Å². The van der Waals surface area contributed by atoms with Gasteiger partial charge in [0, 0.05) is 32.2 Å². The Morgan fingerprint density at radius 1 is 1.14 bits per heavy atom. The van der Waals surface area contributed by atoms with Crippen molar-refractivity contribution in [1.82, 2.24) is 20.2 Å². The molecule has 1 saturated heterocycles. The van der Waals surface area contributed by atoms with E-state index in [9.17, 15) is 4.79 Å². The summed E-state index contributed by atoms with van der Waals surface area (Å²) in [6, 6.07) is 0.316. The van der Waals surface area contributed by atoms with Crippen molar-refractivity contribution in [3.05, 3.63) is 18.1 Å². The van der Waals surface area contributed by atoms with Crippen molar-refractivity contribution in [3.63, 3.8) is 0 Å². The van der Waals surface area contributed by atoms with E-state index in [1.165, 1.54) is 12.8 Å². The van der Waals surface area contributed by atoms with Crippen molar-refractivity contribution in [1.29, 1.82) is 0 Å². The first-order chi connectivity index (χ1) is 10.2. The molecule has 1 amide bonds. The lowest BCUT2D eigenvalue weighted by molar-refractivity contribution is 0.0932. The molecule has 0 unspecified atom stereocenters. The fraction of sp³-hybridized carbons (Fsp3) is 0.667. The van der Waals surface area contributed by atoms with Gasteiger partial charge in [0.2, 0.25) is 0 Å². The summed E-state index contributed by atoms with van der Waals surface area (Å²) in [5, 5.41) is 3.04. The maximum absolute atomic E-state index is 12.1. The molecule has 1 aliphatic heterocycles. The second-order valence-electron chi connectivity index (χ2n) is 6.01. The summed E-state index contributed by atoms with van der Waals surface area (Å²) in [7, 11) is 2.12. The minimum atomic E-state index is -0.0978. The Labute approximate surface area is 125 Å². The van der Waals surface area contributed by atoms with Crippen LogP contribution in [-0.2, 0) is 0 Å². The first kappa shape index (κ1) is 14.3. The number of likely N-dealkylation sites (N-methyl/N-ethyl adjacent to an activating group) is 1. The molecule has 6 nitrogen and oxygen atoms in total. The smallest absolute Gasteiger partial charge is 0.271 e. The SMILES string of the molecule is CN1CCN(c2cnc(C(=O)NC3CCCC3)cn2)CC1. The Morgan fingerprint density at radius 2 is 1.86 bits per heavy atom. The van der Waals surface area contributed by atoms with E-state index in [4.69, 9.17) is 0 Å². The molecule has 1 aromatic heterocycles. The number of rotatable bonds is 3. The van der Waals surface area contributed by atoms with E-state index in [-0.39, 0.29) is 5.91 Å². The standard InChI is InChI=1S/C15H23N5O/c1-19-6-8-20(9-7-19)14-11-16-13(10-17-14)15(21)18-12-4-2-3-5-12/h10-12H,2-9H2,1H3,(H,18,21). The summed E-state index contributed by atoms with van der Waals surface area (Å²) in [5.74, 6) is 0.764. The summed E-state index contributed by atoms with van der Waals surface area (Å²) in [4.78, 5) is 25.3. The highest BCUT2D eigenvalue weighted by Gasteiger charge is 2.20. The van der Waals surface area contributed by atoms with Crippen molar-refractivity contribution >= 4 is 11.7 Å². The van der Waals surface area contributed by atoms with E-state index in [0.29, 0.717) is 11.7 Å². The summed E-state index contributed by atoms with van der Waals surface area (Å²) < 4.78 is 0. The van der Waals surface area contributed by atoms with E-state index in [2.05, 4.69) is 32.1 Å². The van der Waals surface area contributed by atoms with Crippen molar-refractivity contribution in [2.75, 3.05) is 38.1 Å². The number of carbonyl (C=O) groups is 1. The Hall–Kier alpha value is -1.69. The van der Waals surface area contributed by atoms with Gasteiger partial charge in [-0.15, -0.1) is 0 Å². The molecule has 1 N–H and O–H groups in total. The van der Waals surface area contributed by atoms with Crippen LogP contribution in [-0.4, -0.2) is 60.0 Å². The van der Waals surface area contributed by atoms with Crippen molar-refractivity contribution in [2.24, 2.45) is 0 Å². The third-order valence-corrected chi connectivity index (χ3v) is 4.39. The predicted molar refractivity (Wildman–Crippen MR) is 81.5 cm³/mol. The maximum Gasteiger partial charge on any atom is 0.271 e. The first-order valence-corrected chi connectivity index (χ1v) is 7.79. The van der Waals surface area contributed by atoms with Gasteiger partial charge in [-0.2, -0.15) is 0 Å². The van der Waals surface area contributed by atoms with Gasteiger partial charge in [-0.1, -0.05) is 12.8 Å². The Kier molecular flexibility index (Phi) is 4.34. The van der Waals surface area contributed by atoms with Crippen LogP contribution >= 0.6 is 0 Å². The lowest BCUT2D eigenvalue weighted by atomic mass is 10.2. The summed E-state index contributed by atoms with van der Waals surface area (Å²) in [5.41, 5.74) is 0.416. The van der Waals surface area contributed by atoms with Crippen LogP contribution in [0, 0.1) is 0 Å². The lowest BCUT2D eigenvalue weighted by Crippen LogP contribution is -2.44. The molecule has 0 aromatic carbocycles. The highest BCUT2D eigenvalue weighted by Crippen LogP contribution is 2.18. The lowest BCUT2D eigenvalue weighted by Gasteiger charge is -2.32. The fourth-order valence-corrected chi connectivity index (χ4v) is 2.97. The monoisotopic (exact) mass is 289 g/mol. The number of piperazine rings is 1. The molecule has 2 fully saturated rings. The van der Waals surface area contributed by atoms with Crippen LogP contribution in [0.15, 0.2) is 12.4 Å². The molecule has 0 bridgehead atoms. The second-order valence-corrected chi connectivity index (χ2v) is 6.01. The van der Waals surface area contributed by atoms with Gasteiger partial charge in [-0.05, 0) is 19.9 Å². The normalized spacial score (nSPS) is 20.7. The second kappa shape index (κ2) is 6.39. The number of anilines is 1. The highest BCUT2D eigenvalue weighted by molar-refractivity contribution is 5.92. The van der Waals surface area contributed by atoms with Crippen LogP contribution in [0.1, 0.15) is 36.2 Å². The topological polar surface area (TPSA) is 61.4 Å². The molecule has 0 atom stereocenters. The van der Waals surface area contributed by atoms with Crippen molar-refractivity contribution in [3.8, 4) is 0 Å². The minimum Gasteiger partial charge on any atom is -0.353 e. The minimum absolute atomic E-state index is 0.0978. The molecule has 2 aliphatic rings. The van der Waals surface area contributed by atoms with Crippen molar-refractivity contribution in [2.45, 2.75) is 31.7 Å². The molecule has 21 heavy (non-hydrogen) atoms. The van der Waals surface area contributed by atoms with Gasteiger partial charge in [0.05, 0.1) is 12.4 Å². The van der Waals surface area contributed by atoms with Gasteiger partial charge in [-0.3, -0.25) is 4.79 Å². The fourth-order valence-electron chi connectivity index (χ4n) is 2.97. The molecular formula is C15H23N5O. The number of nitrogens with one attached hydrogen (secondary N) is 1. The molecule has 6 heteroatoms. The zero-order valence-electron chi connectivity index (χ0n) is 12.6. The van der Waals surface area contributed by atoms with E-state index < -0.39 is 0 Å². The third kappa shape index (κ3) is 3.50. The number of amides is 1. The number of nitrogens with zero attached hydrogens (tertiary/aromatic N) is 4. The Bertz CT molecular complexity index is 475. The highest BCUT2D eigenvalue weighted by atomic mass is 16.1. The van der Waals surface area contributed by atoms with Crippen molar-refractivity contribution < 1.29 is 4.79 Å². The third-order valence-electron chi connectivity index (χ3n) is 4.39. The van der Waals surface area contributed by atoms with E-state index in [1.54, 1.807) is 12.4 Å². The molecule has 1 saturated carbocycles. The molecule has 1 aliphatic carbocycles. The van der Waals surface area contributed by atoms with Crippen LogP contribution in [0.4, 0.5) is 5.82 Å². The van der Waals surface area contributed by atoms with Crippen LogP contribution in [0.5, 0.6) is 0 Å². The maximum atomic E-state index is 12.1. The Morgan fingerprint density at radius 3 is 2.48 bits per heavy atom. The largest absolute Gasteiger partial charge is 0.353 e. The summed E-state index contributed by atoms with van der Waals surface area (Å²) in [6.45, 7) is 3.98. The van der Waals surface area contributed by atoms with E-state index >= 15 is 0 Å². The number of aromatic nitrogens is 2. The molecular weight excluding hydrogens is 266 g/mol. The van der Waals surface area contributed by atoms with E-state index in [1.807, 2.05) is 0 Å². The van der Waals surface area contributed by atoms with Crippen LogP contribution in [0.2, 0.25) is 0 Å². The number of hydrogen-bond donors (Lipinski definition) is 1. The quantitative estimate of drug-likeness (QED) is 0.896. The molecule has 1 aromatic rings.